The number of Topliss-reactive ketones (excluding diaryl/α,β-unsaturated/α-hetero) is 1. The van der Waals surface area contributed by atoms with Gasteiger partial charge in [-0.05, 0) is 37.0 Å². The minimum absolute atomic E-state index is 0.205. The van der Waals surface area contributed by atoms with Gasteiger partial charge in [0.05, 0.1) is 6.54 Å². The molecule has 2 rings (SSSR count). The van der Waals surface area contributed by atoms with E-state index in [-0.39, 0.29) is 11.6 Å². The summed E-state index contributed by atoms with van der Waals surface area (Å²) in [5.74, 6) is -0.0304. The van der Waals surface area contributed by atoms with Crippen LogP contribution in [0.5, 0.6) is 0 Å². The van der Waals surface area contributed by atoms with Gasteiger partial charge in [0.25, 0.3) is 0 Å². The van der Waals surface area contributed by atoms with Gasteiger partial charge in [-0.15, -0.1) is 0 Å². The fourth-order valence-electron chi connectivity index (χ4n) is 1.61. The van der Waals surface area contributed by atoms with Gasteiger partial charge < -0.3 is 5.32 Å². The van der Waals surface area contributed by atoms with E-state index < -0.39 is 0 Å². The molecule has 16 heavy (non-hydrogen) atoms. The molecule has 1 saturated carbocycles. The molecule has 1 aromatic carbocycles. The van der Waals surface area contributed by atoms with Crippen molar-refractivity contribution in [1.82, 2.24) is 5.32 Å². The zero-order valence-corrected chi connectivity index (χ0v) is 9.21. The van der Waals surface area contributed by atoms with Crippen LogP contribution in [0.25, 0.3) is 0 Å². The first-order chi connectivity index (χ1) is 7.74. The SMILES string of the molecule is O=C(CCc1cccc(F)c1)CNC1CC1. The van der Waals surface area contributed by atoms with E-state index in [0.29, 0.717) is 25.4 Å². The minimum atomic E-state index is -0.235. The van der Waals surface area contributed by atoms with E-state index >= 15 is 0 Å². The lowest BCUT2D eigenvalue weighted by Crippen LogP contribution is -2.24. The topological polar surface area (TPSA) is 29.1 Å². The van der Waals surface area contributed by atoms with Gasteiger partial charge in [0, 0.05) is 12.5 Å². The Kier molecular flexibility index (Phi) is 3.67. The number of ketones is 1. The van der Waals surface area contributed by atoms with Crippen LogP contribution in [0.3, 0.4) is 0 Å². The zero-order valence-electron chi connectivity index (χ0n) is 9.21. The summed E-state index contributed by atoms with van der Waals surface area (Å²) < 4.78 is 12.9. The number of aryl methyl sites for hydroxylation is 1. The van der Waals surface area contributed by atoms with Crippen molar-refractivity contribution in [1.29, 1.82) is 0 Å². The van der Waals surface area contributed by atoms with E-state index in [1.54, 1.807) is 6.07 Å². The number of rotatable bonds is 6. The molecule has 86 valence electrons. The quantitative estimate of drug-likeness (QED) is 0.796. The molecular formula is C13H16FNO. The maximum absolute atomic E-state index is 12.9. The Bertz CT molecular complexity index is 374. The predicted molar refractivity (Wildman–Crippen MR) is 60.8 cm³/mol. The maximum Gasteiger partial charge on any atom is 0.146 e. The zero-order chi connectivity index (χ0) is 11.4. The van der Waals surface area contributed by atoms with Crippen LogP contribution < -0.4 is 5.32 Å². The standard InChI is InChI=1S/C13H16FNO/c14-11-3-1-2-10(8-11)4-7-13(16)9-15-12-5-6-12/h1-3,8,12,15H,4-7,9H2. The molecule has 1 fully saturated rings. The van der Waals surface area contributed by atoms with E-state index in [2.05, 4.69) is 5.32 Å². The molecule has 0 aliphatic heterocycles. The highest BCUT2D eigenvalue weighted by atomic mass is 19.1. The van der Waals surface area contributed by atoms with Gasteiger partial charge >= 0.3 is 0 Å². The second-order valence-electron chi connectivity index (χ2n) is 4.32. The van der Waals surface area contributed by atoms with Crippen molar-refractivity contribution in [2.24, 2.45) is 0 Å². The van der Waals surface area contributed by atoms with Gasteiger partial charge in [-0.3, -0.25) is 4.79 Å². The van der Waals surface area contributed by atoms with Crippen LogP contribution in [0, 0.1) is 5.82 Å². The van der Waals surface area contributed by atoms with Crippen molar-refractivity contribution in [3.05, 3.63) is 35.6 Å². The Morgan fingerprint density at radius 2 is 2.25 bits per heavy atom. The highest BCUT2D eigenvalue weighted by Gasteiger charge is 2.20. The summed E-state index contributed by atoms with van der Waals surface area (Å²) in [4.78, 5) is 11.5. The molecule has 2 nitrogen and oxygen atoms in total. The third-order valence-corrected chi connectivity index (χ3v) is 2.75. The number of carbonyl (C=O) groups excluding carboxylic acids is 1. The number of hydrogen-bond acceptors (Lipinski definition) is 2. The second kappa shape index (κ2) is 5.21. The van der Waals surface area contributed by atoms with E-state index in [4.69, 9.17) is 0 Å². The van der Waals surface area contributed by atoms with E-state index in [9.17, 15) is 9.18 Å². The van der Waals surface area contributed by atoms with Gasteiger partial charge in [-0.25, -0.2) is 4.39 Å². The third kappa shape index (κ3) is 3.74. The highest BCUT2D eigenvalue weighted by molar-refractivity contribution is 5.80. The van der Waals surface area contributed by atoms with Gasteiger partial charge in [-0.1, -0.05) is 12.1 Å². The lowest BCUT2D eigenvalue weighted by molar-refractivity contribution is -0.118. The Labute approximate surface area is 94.9 Å². The van der Waals surface area contributed by atoms with Crippen LogP contribution in [0.1, 0.15) is 24.8 Å². The van der Waals surface area contributed by atoms with Crippen LogP contribution in [0.15, 0.2) is 24.3 Å². The maximum atomic E-state index is 12.9. The van der Waals surface area contributed by atoms with Crippen LogP contribution in [0.2, 0.25) is 0 Å². The van der Waals surface area contributed by atoms with E-state index in [1.807, 2.05) is 6.07 Å². The summed E-state index contributed by atoms with van der Waals surface area (Å²) in [6.45, 7) is 0.458. The molecule has 0 saturated heterocycles. The molecule has 0 aromatic heterocycles. The summed E-state index contributed by atoms with van der Waals surface area (Å²) in [7, 11) is 0. The molecule has 0 amide bonds. The third-order valence-electron chi connectivity index (χ3n) is 2.75. The van der Waals surface area contributed by atoms with Crippen molar-refractivity contribution in [3.8, 4) is 0 Å². The molecule has 1 aliphatic carbocycles. The molecular weight excluding hydrogens is 205 g/mol. The van der Waals surface area contributed by atoms with Gasteiger partial charge in [0.1, 0.15) is 11.6 Å². The highest BCUT2D eigenvalue weighted by Crippen LogP contribution is 2.18. The number of hydrogen-bond donors (Lipinski definition) is 1. The monoisotopic (exact) mass is 221 g/mol. The fourth-order valence-corrected chi connectivity index (χ4v) is 1.61. The van der Waals surface area contributed by atoms with Gasteiger partial charge in [-0.2, -0.15) is 0 Å². The average molecular weight is 221 g/mol. The van der Waals surface area contributed by atoms with Gasteiger partial charge in [0.15, 0.2) is 0 Å². The molecule has 0 bridgehead atoms. The number of benzene rings is 1. The van der Waals surface area contributed by atoms with Crippen molar-refractivity contribution in [3.63, 3.8) is 0 Å². The lowest BCUT2D eigenvalue weighted by atomic mass is 10.1. The number of nitrogens with one attached hydrogen (secondary N) is 1. The number of halogens is 1. The summed E-state index contributed by atoms with van der Waals surface area (Å²) in [5.41, 5.74) is 0.889. The summed E-state index contributed by atoms with van der Waals surface area (Å²) in [6, 6.07) is 7.00. The molecule has 0 spiro atoms. The molecule has 0 radical (unpaired) electrons. The van der Waals surface area contributed by atoms with Crippen LogP contribution in [-0.2, 0) is 11.2 Å². The van der Waals surface area contributed by atoms with Crippen molar-refractivity contribution >= 4 is 5.78 Å². The van der Waals surface area contributed by atoms with Crippen molar-refractivity contribution in [2.45, 2.75) is 31.7 Å². The molecule has 1 aliphatic rings. The fraction of sp³-hybridized carbons (Fsp3) is 0.462. The average Bonchev–Trinajstić information content (AvgIpc) is 3.07. The Balaban J connectivity index is 1.71. The first kappa shape index (κ1) is 11.3. The van der Waals surface area contributed by atoms with E-state index in [0.717, 1.165) is 5.56 Å². The van der Waals surface area contributed by atoms with Crippen LogP contribution >= 0.6 is 0 Å². The Hall–Kier alpha value is -1.22. The molecule has 0 atom stereocenters. The smallest absolute Gasteiger partial charge is 0.146 e. The van der Waals surface area contributed by atoms with E-state index in [1.165, 1.54) is 25.0 Å². The summed E-state index contributed by atoms with van der Waals surface area (Å²) in [6.07, 6.45) is 3.50. The second-order valence-corrected chi connectivity index (χ2v) is 4.32. The van der Waals surface area contributed by atoms with Gasteiger partial charge in [0.2, 0.25) is 0 Å². The first-order valence-electron chi connectivity index (χ1n) is 5.73. The summed E-state index contributed by atoms with van der Waals surface area (Å²) in [5, 5.41) is 3.18. The largest absolute Gasteiger partial charge is 0.307 e. The first-order valence-corrected chi connectivity index (χ1v) is 5.73. The number of carbonyl (C=O) groups is 1. The van der Waals surface area contributed by atoms with Crippen LogP contribution in [-0.4, -0.2) is 18.4 Å². The lowest BCUT2D eigenvalue weighted by Gasteiger charge is -2.03. The minimum Gasteiger partial charge on any atom is -0.307 e. The summed E-state index contributed by atoms with van der Waals surface area (Å²) >= 11 is 0. The van der Waals surface area contributed by atoms with Crippen LogP contribution in [0.4, 0.5) is 4.39 Å². The molecule has 0 unspecified atom stereocenters. The Morgan fingerprint density at radius 1 is 1.44 bits per heavy atom. The molecule has 1 N–H and O–H groups in total. The Morgan fingerprint density at radius 3 is 2.94 bits per heavy atom. The predicted octanol–water partition coefficient (Wildman–Crippen LogP) is 2.08. The van der Waals surface area contributed by atoms with Crippen molar-refractivity contribution in [2.75, 3.05) is 6.54 Å². The normalized spacial score (nSPS) is 15.1. The molecule has 0 heterocycles. The molecule has 1 aromatic rings. The molecule has 3 heteroatoms. The van der Waals surface area contributed by atoms with Crippen molar-refractivity contribution < 1.29 is 9.18 Å².